The monoisotopic (exact) mass is 286 g/mol. The van der Waals surface area contributed by atoms with E-state index in [-0.39, 0.29) is 116 Å². The van der Waals surface area contributed by atoms with Crippen LogP contribution in [0.1, 0.15) is 13.3 Å². The molecule has 0 rings (SSSR count). The third kappa shape index (κ3) is 72.9. The molecule has 0 atom stereocenters. The van der Waals surface area contributed by atoms with Crippen molar-refractivity contribution in [2.24, 2.45) is 11.5 Å². The Kier molecular flexibility index (Phi) is 58.3. The topological polar surface area (TPSA) is 153 Å². The molecule has 0 radical (unpaired) electrons. The van der Waals surface area contributed by atoms with Crippen LogP contribution in [0.3, 0.4) is 0 Å². The second kappa shape index (κ2) is 30.3. The summed E-state index contributed by atoms with van der Waals surface area (Å²) >= 11 is 0. The fourth-order valence-corrected chi connectivity index (χ4v) is 0. The Hall–Kier alpha value is 2.09. The van der Waals surface area contributed by atoms with Crippen molar-refractivity contribution in [2.75, 3.05) is 19.7 Å². The third-order valence-corrected chi connectivity index (χ3v) is 0.557. The van der Waals surface area contributed by atoms with Gasteiger partial charge in [-0.1, -0.05) is 6.92 Å². The summed E-state index contributed by atoms with van der Waals surface area (Å²) in [6.07, 6.45) is 0.875. The molecule has 0 bridgehead atoms. The van der Waals surface area contributed by atoms with Gasteiger partial charge in [-0.3, -0.25) is 0 Å². The van der Waals surface area contributed by atoms with Crippen LogP contribution in [-0.2, 0) is 9.59 Å². The molecule has 0 heterocycles. The minimum Gasteiger partial charge on any atom is -0.549 e. The van der Waals surface area contributed by atoms with Crippen molar-refractivity contribution >= 4 is 11.9 Å². The van der Waals surface area contributed by atoms with E-state index < -0.39 is 11.9 Å². The van der Waals surface area contributed by atoms with Crippen molar-refractivity contribution in [2.45, 2.75) is 13.3 Å². The van der Waals surface area contributed by atoms with Gasteiger partial charge in [-0.25, -0.2) is 0 Å². The van der Waals surface area contributed by atoms with E-state index in [1.54, 1.807) is 0 Å². The van der Waals surface area contributed by atoms with E-state index in [9.17, 15) is 0 Å². The summed E-state index contributed by atoms with van der Waals surface area (Å²) in [5.41, 5.74) is 9.02. The fourth-order valence-electron chi connectivity index (χ4n) is 0. The summed E-state index contributed by atoms with van der Waals surface area (Å²) in [6.45, 7) is 1.47. The van der Waals surface area contributed by atoms with Gasteiger partial charge in [-0.15, -0.1) is 0 Å². The molecule has 0 aromatic carbocycles. The number of hydrogen-bond acceptors (Lipinski definition) is 7. The maximum absolute atomic E-state index is 9.13. The molecule has 0 aliphatic rings. The Morgan fingerprint density at radius 2 is 1.19 bits per heavy atom. The first kappa shape index (κ1) is 30.8. The maximum Gasteiger partial charge on any atom is 1.00 e. The largest absolute Gasteiger partial charge is 1.00 e. The van der Waals surface area contributed by atoms with Crippen molar-refractivity contribution in [1.82, 2.24) is 0 Å². The molecule has 0 amide bonds. The van der Waals surface area contributed by atoms with E-state index in [2.05, 4.69) is 11.5 Å². The zero-order valence-electron chi connectivity index (χ0n) is 10.1. The van der Waals surface area contributed by atoms with Gasteiger partial charge in [0.1, 0.15) is 0 Å². The quantitative estimate of drug-likeness (QED) is 0.435. The van der Waals surface area contributed by atoms with Gasteiger partial charge < -0.3 is 36.4 Å². The van der Waals surface area contributed by atoms with Gasteiger partial charge in [0.05, 0.1) is 11.9 Å². The number of aliphatic carboxylic acids is 2. The molecule has 0 saturated carbocycles. The number of nitrogens with two attached hydrogens (primary N) is 2. The van der Waals surface area contributed by atoms with Gasteiger partial charge in [-0.2, -0.15) is 0 Å². The second-order valence-corrected chi connectivity index (χ2v) is 1.88. The van der Waals surface area contributed by atoms with Crippen molar-refractivity contribution in [3.05, 3.63) is 0 Å². The Bertz CT molecular complexity index is 133. The minimum absolute atomic E-state index is 0. The van der Waals surface area contributed by atoms with E-state index in [4.69, 9.17) is 24.9 Å². The molecule has 5 N–H and O–H groups in total. The molecule has 0 aliphatic carbocycles. The molecule has 0 spiro atoms. The minimum atomic E-state index is -1.22. The zero-order chi connectivity index (χ0) is 12.0. The fraction of sp³-hybridized carbons (Fsp3) is 0.714. The van der Waals surface area contributed by atoms with Crippen LogP contribution in [-0.4, -0.2) is 36.7 Å². The molecule has 7 nitrogen and oxygen atoms in total. The van der Waals surface area contributed by atoms with E-state index in [1.807, 2.05) is 6.92 Å². The van der Waals surface area contributed by atoms with Gasteiger partial charge in [0.25, 0.3) is 0 Å². The first-order valence-corrected chi connectivity index (χ1v) is 3.86. The smallest absolute Gasteiger partial charge is 0.549 e. The second-order valence-electron chi connectivity index (χ2n) is 1.88. The Labute approximate surface area is 180 Å². The van der Waals surface area contributed by atoms with Crippen LogP contribution in [0.25, 0.3) is 0 Å². The molecule has 16 heavy (non-hydrogen) atoms. The SMILES string of the molecule is CCCO.NCC(=O)[O-].NCC(=O)[O-].[K+].[K+]. The Morgan fingerprint density at radius 3 is 1.19 bits per heavy atom. The van der Waals surface area contributed by atoms with Gasteiger partial charge in [0.2, 0.25) is 0 Å². The van der Waals surface area contributed by atoms with Gasteiger partial charge >= 0.3 is 103 Å². The zero-order valence-corrected chi connectivity index (χ0v) is 16.3. The summed E-state index contributed by atoms with van der Waals surface area (Å²) in [5, 5.41) is 26.1. The Morgan fingerprint density at radius 1 is 1.06 bits per heavy atom. The molecule has 0 aromatic rings. The van der Waals surface area contributed by atoms with Crippen molar-refractivity contribution in [1.29, 1.82) is 0 Å². The van der Waals surface area contributed by atoms with Crippen LogP contribution in [0.15, 0.2) is 0 Å². The molecular weight excluding hydrogens is 270 g/mol. The standard InChI is InChI=1S/C3H8O.2C2H5NO2.2K/c1-2-3-4;2*3-1-2(4)5;;/h4H,2-3H2,1H3;2*1,3H2,(H,4,5);;/q;;;2*+1/p-2. The number of carboxylic acids is 2. The normalized spacial score (nSPS) is 6.50. The Balaban J connectivity index is -0.0000000358. The average molecular weight is 286 g/mol. The van der Waals surface area contributed by atoms with Crippen molar-refractivity contribution in [3.8, 4) is 0 Å². The van der Waals surface area contributed by atoms with E-state index >= 15 is 0 Å². The summed E-state index contributed by atoms with van der Waals surface area (Å²) in [5.74, 6) is -2.44. The van der Waals surface area contributed by atoms with Crippen LogP contribution < -0.4 is 124 Å². The molecule has 0 aromatic heterocycles. The average Bonchev–Trinajstić information content (AvgIpc) is 2.19. The molecule has 9 heteroatoms. The molecule has 0 aliphatic heterocycles. The number of hydrogen-bond donors (Lipinski definition) is 3. The van der Waals surface area contributed by atoms with E-state index in [0.29, 0.717) is 6.61 Å². The van der Waals surface area contributed by atoms with Crippen LogP contribution in [0.4, 0.5) is 0 Å². The van der Waals surface area contributed by atoms with Gasteiger partial charge in [0, 0.05) is 19.7 Å². The van der Waals surface area contributed by atoms with Crippen LogP contribution in [0.2, 0.25) is 0 Å². The van der Waals surface area contributed by atoms with Crippen LogP contribution >= 0.6 is 0 Å². The number of aliphatic hydroxyl groups is 1. The summed E-state index contributed by atoms with van der Waals surface area (Å²) in [6, 6.07) is 0. The summed E-state index contributed by atoms with van der Waals surface area (Å²) in [7, 11) is 0. The first-order chi connectivity index (χ1) is 6.45. The molecule has 0 unspecified atom stereocenters. The molecule has 86 valence electrons. The summed E-state index contributed by atoms with van der Waals surface area (Å²) in [4.78, 5) is 18.3. The van der Waals surface area contributed by atoms with Gasteiger partial charge in [0.15, 0.2) is 0 Å². The molecule has 0 fully saturated rings. The number of aliphatic hydroxyl groups excluding tert-OH is 1. The number of carbonyl (C=O) groups is 2. The third-order valence-electron chi connectivity index (χ3n) is 0.557. The van der Waals surface area contributed by atoms with Gasteiger partial charge in [-0.05, 0) is 6.42 Å². The maximum atomic E-state index is 9.13. The number of rotatable bonds is 3. The van der Waals surface area contributed by atoms with Crippen molar-refractivity contribution < 1.29 is 128 Å². The predicted octanol–water partition coefficient (Wildman–Crippen LogP) is -10.2. The number of carboxylic acid groups (broad SMARTS) is 2. The van der Waals surface area contributed by atoms with E-state index in [1.165, 1.54) is 0 Å². The van der Waals surface area contributed by atoms with Crippen LogP contribution in [0.5, 0.6) is 0 Å². The van der Waals surface area contributed by atoms with Crippen LogP contribution in [0, 0.1) is 0 Å². The molecule has 0 saturated heterocycles. The predicted molar refractivity (Wildman–Crippen MR) is 45.5 cm³/mol. The van der Waals surface area contributed by atoms with Crippen molar-refractivity contribution in [3.63, 3.8) is 0 Å². The first-order valence-electron chi connectivity index (χ1n) is 3.86. The number of carbonyl (C=O) groups excluding carboxylic acids is 2. The summed E-state index contributed by atoms with van der Waals surface area (Å²) < 4.78 is 0. The molecular formula is C7H16K2N2O5. The van der Waals surface area contributed by atoms with E-state index in [0.717, 1.165) is 6.42 Å².